The second-order valence-corrected chi connectivity index (χ2v) is 4.40. The van der Waals surface area contributed by atoms with Crippen molar-refractivity contribution in [3.63, 3.8) is 0 Å². The van der Waals surface area contributed by atoms with Crippen LogP contribution in [0.5, 0.6) is 0 Å². The van der Waals surface area contributed by atoms with Crippen molar-refractivity contribution in [2.24, 2.45) is 0 Å². The van der Waals surface area contributed by atoms with E-state index in [4.69, 9.17) is 4.74 Å². The van der Waals surface area contributed by atoms with Crippen LogP contribution < -0.4 is 0 Å². The largest absolute Gasteiger partial charge is 0.388 e. The Morgan fingerprint density at radius 1 is 1.28 bits per heavy atom. The molecule has 0 radical (unpaired) electrons. The zero-order valence-electron chi connectivity index (χ0n) is 10.5. The number of ether oxygens (including phenoxy) is 1. The highest BCUT2D eigenvalue weighted by atomic mass is 16.5. The molecule has 0 bridgehead atoms. The van der Waals surface area contributed by atoms with Crippen molar-refractivity contribution in [2.75, 3.05) is 13.2 Å². The zero-order chi connectivity index (χ0) is 13.0. The van der Waals surface area contributed by atoms with Gasteiger partial charge >= 0.3 is 0 Å². The second-order valence-electron chi connectivity index (χ2n) is 4.40. The van der Waals surface area contributed by atoms with E-state index in [0.717, 1.165) is 17.3 Å². The third-order valence-electron chi connectivity index (χ3n) is 2.87. The molecule has 0 saturated carbocycles. The van der Waals surface area contributed by atoms with E-state index in [2.05, 4.69) is 4.98 Å². The van der Waals surface area contributed by atoms with Crippen molar-refractivity contribution < 1.29 is 14.9 Å². The van der Waals surface area contributed by atoms with Gasteiger partial charge in [0.15, 0.2) is 0 Å². The first-order chi connectivity index (χ1) is 8.72. The highest BCUT2D eigenvalue weighted by Crippen LogP contribution is 2.22. The van der Waals surface area contributed by atoms with Gasteiger partial charge in [0.2, 0.25) is 0 Å². The number of aromatic nitrogens is 1. The van der Waals surface area contributed by atoms with Crippen LogP contribution in [0.3, 0.4) is 0 Å². The van der Waals surface area contributed by atoms with Crippen molar-refractivity contribution >= 4 is 10.9 Å². The van der Waals surface area contributed by atoms with Crippen LogP contribution in [0.15, 0.2) is 30.3 Å². The van der Waals surface area contributed by atoms with Gasteiger partial charge < -0.3 is 19.9 Å². The van der Waals surface area contributed by atoms with Crippen LogP contribution in [0.2, 0.25) is 0 Å². The van der Waals surface area contributed by atoms with Gasteiger partial charge in [0, 0.05) is 17.8 Å². The molecule has 0 spiro atoms. The van der Waals surface area contributed by atoms with E-state index >= 15 is 0 Å². The molecule has 2 atom stereocenters. The summed E-state index contributed by atoms with van der Waals surface area (Å²) < 4.78 is 5.24. The number of aliphatic hydroxyl groups excluding tert-OH is 2. The number of aliphatic hydroxyl groups is 2. The summed E-state index contributed by atoms with van der Waals surface area (Å²) in [6.07, 6.45) is -0.964. The number of hydrogen-bond donors (Lipinski definition) is 3. The van der Waals surface area contributed by atoms with Gasteiger partial charge in [-0.2, -0.15) is 0 Å². The Bertz CT molecular complexity index is 461. The molecule has 2 aromatic rings. The number of fused-ring (bicyclic) bond motifs is 1. The lowest BCUT2D eigenvalue weighted by Crippen LogP contribution is -2.24. The average Bonchev–Trinajstić information content (AvgIpc) is 2.81. The van der Waals surface area contributed by atoms with Crippen LogP contribution in [0, 0.1) is 0 Å². The maximum absolute atomic E-state index is 10.0. The minimum absolute atomic E-state index is 0.143. The van der Waals surface area contributed by atoms with E-state index in [1.807, 2.05) is 37.3 Å². The molecule has 4 nitrogen and oxygen atoms in total. The number of nitrogens with one attached hydrogen (secondary N) is 1. The standard InChI is InChI=1S/C14H19NO3/c1-2-7-18-9-13(16)14(17)12-8-10-5-3-4-6-11(10)15-12/h3-6,8,13-17H,2,7,9H2,1H3. The first-order valence-corrected chi connectivity index (χ1v) is 6.24. The van der Waals surface area contributed by atoms with Gasteiger partial charge in [0.05, 0.1) is 6.61 Å². The van der Waals surface area contributed by atoms with Crippen LogP contribution in [0.1, 0.15) is 25.1 Å². The predicted octanol–water partition coefficient (Wildman–Crippen LogP) is 1.99. The number of hydrogen-bond acceptors (Lipinski definition) is 3. The quantitative estimate of drug-likeness (QED) is 0.686. The molecule has 1 aromatic heterocycles. The van der Waals surface area contributed by atoms with Gasteiger partial charge in [0.25, 0.3) is 0 Å². The lowest BCUT2D eigenvalue weighted by atomic mass is 10.1. The van der Waals surface area contributed by atoms with E-state index in [1.165, 1.54) is 0 Å². The number of para-hydroxylation sites is 1. The molecule has 2 unspecified atom stereocenters. The minimum atomic E-state index is -0.950. The molecular weight excluding hydrogens is 230 g/mol. The van der Waals surface area contributed by atoms with Crippen LogP contribution >= 0.6 is 0 Å². The molecule has 0 saturated heterocycles. The average molecular weight is 249 g/mol. The van der Waals surface area contributed by atoms with Crippen molar-refractivity contribution in [2.45, 2.75) is 25.6 Å². The Labute approximate surface area is 106 Å². The van der Waals surface area contributed by atoms with Gasteiger partial charge in [0.1, 0.15) is 12.2 Å². The Balaban J connectivity index is 2.05. The molecule has 98 valence electrons. The Morgan fingerprint density at radius 2 is 2.06 bits per heavy atom. The lowest BCUT2D eigenvalue weighted by Gasteiger charge is -2.16. The summed E-state index contributed by atoms with van der Waals surface area (Å²) in [5.74, 6) is 0. The Morgan fingerprint density at radius 3 is 2.78 bits per heavy atom. The fraction of sp³-hybridized carbons (Fsp3) is 0.429. The molecule has 0 aliphatic heterocycles. The fourth-order valence-corrected chi connectivity index (χ4v) is 1.90. The van der Waals surface area contributed by atoms with Gasteiger partial charge in [-0.15, -0.1) is 0 Å². The summed E-state index contributed by atoms with van der Waals surface area (Å²) in [6, 6.07) is 9.61. The molecule has 0 aliphatic carbocycles. The van der Waals surface area contributed by atoms with E-state index < -0.39 is 12.2 Å². The fourth-order valence-electron chi connectivity index (χ4n) is 1.90. The van der Waals surface area contributed by atoms with Crippen molar-refractivity contribution in [3.8, 4) is 0 Å². The SMILES string of the molecule is CCCOCC(O)C(O)c1cc2ccccc2[nH]1. The Hall–Kier alpha value is -1.36. The first kappa shape index (κ1) is 13.1. The van der Waals surface area contributed by atoms with Crippen LogP contribution in [-0.4, -0.2) is 34.5 Å². The van der Waals surface area contributed by atoms with Crippen molar-refractivity contribution in [3.05, 3.63) is 36.0 Å². The molecule has 0 aliphatic rings. The first-order valence-electron chi connectivity index (χ1n) is 6.24. The number of rotatable bonds is 6. The second kappa shape index (κ2) is 6.00. The summed E-state index contributed by atoms with van der Waals surface area (Å²) in [7, 11) is 0. The third-order valence-corrected chi connectivity index (χ3v) is 2.87. The number of benzene rings is 1. The van der Waals surface area contributed by atoms with Crippen molar-refractivity contribution in [1.82, 2.24) is 4.98 Å². The van der Waals surface area contributed by atoms with Crippen LogP contribution in [0.4, 0.5) is 0 Å². The summed E-state index contributed by atoms with van der Waals surface area (Å²) >= 11 is 0. The number of H-pyrrole nitrogens is 1. The van der Waals surface area contributed by atoms with E-state index in [1.54, 1.807) is 0 Å². The molecule has 1 heterocycles. The van der Waals surface area contributed by atoms with Crippen LogP contribution in [-0.2, 0) is 4.74 Å². The molecule has 0 fully saturated rings. The molecule has 3 N–H and O–H groups in total. The topological polar surface area (TPSA) is 65.5 Å². The number of aromatic amines is 1. The molecule has 4 heteroatoms. The molecule has 2 rings (SSSR count). The van der Waals surface area contributed by atoms with Gasteiger partial charge in [-0.05, 0) is 23.9 Å². The lowest BCUT2D eigenvalue weighted by molar-refractivity contribution is -0.0403. The molecule has 1 aromatic carbocycles. The minimum Gasteiger partial charge on any atom is -0.388 e. The van der Waals surface area contributed by atoms with Crippen molar-refractivity contribution in [1.29, 1.82) is 0 Å². The maximum atomic E-state index is 10.0. The van der Waals surface area contributed by atoms with E-state index in [0.29, 0.717) is 12.3 Å². The monoisotopic (exact) mass is 249 g/mol. The molecule has 18 heavy (non-hydrogen) atoms. The summed E-state index contributed by atoms with van der Waals surface area (Å²) in [5.41, 5.74) is 1.57. The maximum Gasteiger partial charge on any atom is 0.122 e. The third kappa shape index (κ3) is 2.90. The van der Waals surface area contributed by atoms with Gasteiger partial charge in [-0.1, -0.05) is 25.1 Å². The highest BCUT2D eigenvalue weighted by Gasteiger charge is 2.20. The normalized spacial score (nSPS) is 14.8. The zero-order valence-corrected chi connectivity index (χ0v) is 10.5. The van der Waals surface area contributed by atoms with E-state index in [-0.39, 0.29) is 6.61 Å². The molecule has 0 amide bonds. The van der Waals surface area contributed by atoms with E-state index in [9.17, 15) is 10.2 Å². The predicted molar refractivity (Wildman–Crippen MR) is 70.4 cm³/mol. The summed E-state index contributed by atoms with van der Waals surface area (Å²) in [6.45, 7) is 2.74. The Kier molecular flexibility index (Phi) is 4.36. The van der Waals surface area contributed by atoms with Gasteiger partial charge in [-0.3, -0.25) is 0 Å². The van der Waals surface area contributed by atoms with Gasteiger partial charge in [-0.25, -0.2) is 0 Å². The highest BCUT2D eigenvalue weighted by molar-refractivity contribution is 5.80. The molecular formula is C14H19NO3. The smallest absolute Gasteiger partial charge is 0.122 e. The summed E-state index contributed by atoms with van der Waals surface area (Å²) in [5, 5.41) is 20.9. The summed E-state index contributed by atoms with van der Waals surface area (Å²) in [4.78, 5) is 3.10. The van der Waals surface area contributed by atoms with Crippen LogP contribution in [0.25, 0.3) is 10.9 Å².